The number of rotatable bonds is 6. The molecule has 0 radical (unpaired) electrons. The highest BCUT2D eigenvalue weighted by molar-refractivity contribution is 7.13. The van der Waals surface area contributed by atoms with Crippen molar-refractivity contribution in [3.8, 4) is 16.3 Å². The van der Waals surface area contributed by atoms with E-state index in [1.54, 1.807) is 7.11 Å². The molecule has 1 aromatic heterocycles. The van der Waals surface area contributed by atoms with Crippen molar-refractivity contribution in [2.24, 2.45) is 0 Å². The second-order valence-electron chi connectivity index (χ2n) is 5.78. The van der Waals surface area contributed by atoms with Crippen LogP contribution in [-0.2, 0) is 16.0 Å². The number of methoxy groups -OCH3 is 2. The topological polar surface area (TPSA) is 77.5 Å². The highest BCUT2D eigenvalue weighted by Crippen LogP contribution is 2.27. The molecule has 28 heavy (non-hydrogen) atoms. The normalized spacial score (nSPS) is 10.4. The summed E-state index contributed by atoms with van der Waals surface area (Å²) in [5, 5.41) is 5.70. The Hall–Kier alpha value is -2.90. The number of nitrogens with zero attached hydrogens (tertiary/aromatic N) is 1. The number of ether oxygens (including phenoxy) is 2. The van der Waals surface area contributed by atoms with Crippen molar-refractivity contribution in [2.45, 2.75) is 6.42 Å². The third-order valence-electron chi connectivity index (χ3n) is 3.89. The maximum atomic E-state index is 12.4. The van der Waals surface area contributed by atoms with Crippen LogP contribution in [0.3, 0.4) is 0 Å². The molecule has 0 saturated carbocycles. The second kappa shape index (κ2) is 8.86. The summed E-state index contributed by atoms with van der Waals surface area (Å²) < 4.78 is 9.83. The van der Waals surface area contributed by atoms with E-state index >= 15 is 0 Å². The van der Waals surface area contributed by atoms with Crippen LogP contribution in [0.1, 0.15) is 16.1 Å². The molecule has 3 aromatic rings. The van der Waals surface area contributed by atoms with Gasteiger partial charge in [-0.1, -0.05) is 11.6 Å². The van der Waals surface area contributed by atoms with Gasteiger partial charge in [-0.2, -0.15) is 0 Å². The average Bonchev–Trinajstić information content (AvgIpc) is 3.17. The lowest BCUT2D eigenvalue weighted by molar-refractivity contribution is -0.115. The SMILES string of the molecule is COC(=O)c1ccc(Cl)c(NC(=O)Cc2csc(-c3ccc(OC)cc3)n2)c1. The Morgan fingerprint density at radius 2 is 1.89 bits per heavy atom. The van der Waals surface area contributed by atoms with Crippen molar-refractivity contribution >= 4 is 40.5 Å². The standard InChI is InChI=1S/C20H17ClN2O4S/c1-26-15-6-3-12(4-7-15)19-22-14(11-28-19)10-18(24)23-17-9-13(20(25)27-2)5-8-16(17)21/h3-9,11H,10H2,1-2H3,(H,23,24). The largest absolute Gasteiger partial charge is 0.497 e. The lowest BCUT2D eigenvalue weighted by atomic mass is 10.2. The molecule has 2 aromatic carbocycles. The van der Waals surface area contributed by atoms with Gasteiger partial charge in [0.15, 0.2) is 0 Å². The summed E-state index contributed by atoms with van der Waals surface area (Å²) in [5.41, 5.74) is 2.25. The molecule has 144 valence electrons. The molecule has 1 amide bonds. The number of hydrogen-bond donors (Lipinski definition) is 1. The summed E-state index contributed by atoms with van der Waals surface area (Å²) >= 11 is 7.57. The molecular weight excluding hydrogens is 400 g/mol. The minimum absolute atomic E-state index is 0.0887. The second-order valence-corrected chi connectivity index (χ2v) is 7.05. The van der Waals surface area contributed by atoms with Crippen molar-refractivity contribution in [1.82, 2.24) is 4.98 Å². The van der Waals surface area contributed by atoms with Crippen molar-refractivity contribution in [3.05, 3.63) is 64.1 Å². The van der Waals surface area contributed by atoms with Crippen LogP contribution in [0.15, 0.2) is 47.8 Å². The third kappa shape index (κ3) is 4.68. The minimum Gasteiger partial charge on any atom is -0.497 e. The molecule has 3 rings (SSSR count). The van der Waals surface area contributed by atoms with E-state index in [0.29, 0.717) is 22.0 Å². The number of thiazole rings is 1. The van der Waals surface area contributed by atoms with Gasteiger partial charge in [-0.15, -0.1) is 11.3 Å². The third-order valence-corrected chi connectivity index (χ3v) is 5.16. The first-order chi connectivity index (χ1) is 13.5. The molecule has 1 heterocycles. The lowest BCUT2D eigenvalue weighted by Gasteiger charge is -2.08. The number of carbonyl (C=O) groups is 2. The lowest BCUT2D eigenvalue weighted by Crippen LogP contribution is -2.15. The van der Waals surface area contributed by atoms with Gasteiger partial charge in [0.05, 0.1) is 42.6 Å². The summed E-state index contributed by atoms with van der Waals surface area (Å²) in [6.07, 6.45) is 0.0887. The molecule has 0 spiro atoms. The fraction of sp³-hybridized carbons (Fsp3) is 0.150. The zero-order valence-electron chi connectivity index (χ0n) is 15.2. The van der Waals surface area contributed by atoms with Gasteiger partial charge in [0, 0.05) is 10.9 Å². The Morgan fingerprint density at radius 3 is 2.57 bits per heavy atom. The molecule has 0 unspecified atom stereocenters. The van der Waals surface area contributed by atoms with Gasteiger partial charge in [-0.3, -0.25) is 4.79 Å². The smallest absolute Gasteiger partial charge is 0.337 e. The van der Waals surface area contributed by atoms with Crippen LogP contribution in [-0.4, -0.2) is 31.1 Å². The Balaban J connectivity index is 1.69. The number of esters is 1. The first-order valence-electron chi connectivity index (χ1n) is 8.26. The molecule has 0 fully saturated rings. The molecule has 0 saturated heterocycles. The summed E-state index contributed by atoms with van der Waals surface area (Å²) in [5.74, 6) is -0.0164. The van der Waals surface area contributed by atoms with Crippen LogP contribution in [0.2, 0.25) is 5.02 Å². The highest BCUT2D eigenvalue weighted by Gasteiger charge is 2.13. The summed E-state index contributed by atoms with van der Waals surface area (Å²) in [6, 6.07) is 12.1. The van der Waals surface area contributed by atoms with Gasteiger partial charge < -0.3 is 14.8 Å². The first-order valence-corrected chi connectivity index (χ1v) is 9.52. The molecule has 0 aliphatic heterocycles. The van der Waals surface area contributed by atoms with E-state index in [1.807, 2.05) is 29.6 Å². The van der Waals surface area contributed by atoms with Crippen LogP contribution in [0.25, 0.3) is 10.6 Å². The Morgan fingerprint density at radius 1 is 1.14 bits per heavy atom. The quantitative estimate of drug-likeness (QED) is 0.601. The van der Waals surface area contributed by atoms with Gasteiger partial charge in [0.25, 0.3) is 0 Å². The van der Waals surface area contributed by atoms with E-state index < -0.39 is 5.97 Å². The molecule has 8 heteroatoms. The number of hydrogen-bond acceptors (Lipinski definition) is 6. The van der Waals surface area contributed by atoms with Crippen molar-refractivity contribution in [1.29, 1.82) is 0 Å². The Bertz CT molecular complexity index is 1000. The highest BCUT2D eigenvalue weighted by atomic mass is 35.5. The van der Waals surface area contributed by atoms with Crippen molar-refractivity contribution in [3.63, 3.8) is 0 Å². The summed E-state index contributed by atoms with van der Waals surface area (Å²) in [7, 11) is 2.90. The number of halogens is 1. The zero-order chi connectivity index (χ0) is 20.1. The van der Waals surface area contributed by atoms with E-state index in [1.165, 1.54) is 36.6 Å². The maximum Gasteiger partial charge on any atom is 0.337 e. The summed E-state index contributed by atoms with van der Waals surface area (Å²) in [6.45, 7) is 0. The number of nitrogens with one attached hydrogen (secondary N) is 1. The van der Waals surface area contributed by atoms with E-state index in [9.17, 15) is 9.59 Å². The van der Waals surface area contributed by atoms with E-state index in [0.717, 1.165) is 16.3 Å². The summed E-state index contributed by atoms with van der Waals surface area (Å²) in [4.78, 5) is 28.5. The van der Waals surface area contributed by atoms with Crippen LogP contribution >= 0.6 is 22.9 Å². The van der Waals surface area contributed by atoms with E-state index in [-0.39, 0.29) is 12.3 Å². The zero-order valence-corrected chi connectivity index (χ0v) is 16.8. The number of aromatic nitrogens is 1. The van der Waals surface area contributed by atoms with Crippen molar-refractivity contribution < 1.29 is 19.1 Å². The molecule has 1 N–H and O–H groups in total. The molecule has 0 atom stereocenters. The Kier molecular flexibility index (Phi) is 6.28. The maximum absolute atomic E-state index is 12.4. The van der Waals surface area contributed by atoms with Gasteiger partial charge in [0.2, 0.25) is 5.91 Å². The monoisotopic (exact) mass is 416 g/mol. The molecule has 0 bridgehead atoms. The van der Waals surface area contributed by atoms with Crippen LogP contribution < -0.4 is 10.1 Å². The number of anilines is 1. The number of benzene rings is 2. The number of carbonyl (C=O) groups excluding carboxylic acids is 2. The fourth-order valence-electron chi connectivity index (χ4n) is 2.48. The first kappa shape index (κ1) is 19.9. The van der Waals surface area contributed by atoms with Gasteiger partial charge in [0.1, 0.15) is 10.8 Å². The average molecular weight is 417 g/mol. The predicted octanol–water partition coefficient (Wildman–Crippen LogP) is 4.44. The molecule has 0 aliphatic carbocycles. The van der Waals surface area contributed by atoms with Crippen LogP contribution in [0.4, 0.5) is 5.69 Å². The molecular formula is C20H17ClN2O4S. The van der Waals surface area contributed by atoms with E-state index in [4.69, 9.17) is 16.3 Å². The van der Waals surface area contributed by atoms with Crippen LogP contribution in [0, 0.1) is 0 Å². The molecule has 6 nitrogen and oxygen atoms in total. The van der Waals surface area contributed by atoms with Crippen LogP contribution in [0.5, 0.6) is 5.75 Å². The van der Waals surface area contributed by atoms with Gasteiger partial charge >= 0.3 is 5.97 Å². The Labute approximate surface area is 171 Å². The molecule has 0 aliphatic rings. The van der Waals surface area contributed by atoms with Crippen molar-refractivity contribution in [2.75, 3.05) is 19.5 Å². The minimum atomic E-state index is -0.504. The fourth-order valence-corrected chi connectivity index (χ4v) is 3.47. The van der Waals surface area contributed by atoms with Gasteiger partial charge in [-0.25, -0.2) is 9.78 Å². The number of amides is 1. The van der Waals surface area contributed by atoms with E-state index in [2.05, 4.69) is 15.0 Å². The predicted molar refractivity (Wildman–Crippen MR) is 109 cm³/mol. The van der Waals surface area contributed by atoms with Gasteiger partial charge in [-0.05, 0) is 42.5 Å².